The molecule has 0 aromatic rings. The Morgan fingerprint density at radius 2 is 2.21 bits per heavy atom. The third kappa shape index (κ3) is 4.40. The SMILES string of the molecule is CCOCCN(C)CC1CCC(N)C1. The van der Waals surface area contributed by atoms with Crippen molar-refractivity contribution in [3.05, 3.63) is 0 Å². The van der Waals surface area contributed by atoms with Crippen molar-refractivity contribution in [2.24, 2.45) is 11.7 Å². The molecule has 0 spiro atoms. The molecule has 0 aromatic carbocycles. The summed E-state index contributed by atoms with van der Waals surface area (Å²) in [5.74, 6) is 0.816. The van der Waals surface area contributed by atoms with Crippen LogP contribution in [0.4, 0.5) is 0 Å². The average Bonchev–Trinajstić information content (AvgIpc) is 2.52. The van der Waals surface area contributed by atoms with Crippen LogP contribution in [0.5, 0.6) is 0 Å². The van der Waals surface area contributed by atoms with Crippen LogP contribution in [0.15, 0.2) is 0 Å². The fourth-order valence-electron chi connectivity index (χ4n) is 2.18. The van der Waals surface area contributed by atoms with E-state index < -0.39 is 0 Å². The topological polar surface area (TPSA) is 38.5 Å². The smallest absolute Gasteiger partial charge is 0.0593 e. The molecule has 0 saturated heterocycles. The number of nitrogens with zero attached hydrogens (tertiary/aromatic N) is 1. The fourth-order valence-corrected chi connectivity index (χ4v) is 2.18. The molecule has 1 aliphatic carbocycles. The summed E-state index contributed by atoms with van der Waals surface area (Å²) in [5, 5.41) is 0. The van der Waals surface area contributed by atoms with Crippen LogP contribution in [-0.2, 0) is 4.74 Å². The molecule has 0 radical (unpaired) electrons. The zero-order chi connectivity index (χ0) is 10.4. The van der Waals surface area contributed by atoms with Gasteiger partial charge in [-0.3, -0.25) is 0 Å². The molecule has 3 heteroatoms. The summed E-state index contributed by atoms with van der Waals surface area (Å²) in [7, 11) is 2.17. The van der Waals surface area contributed by atoms with Gasteiger partial charge < -0.3 is 15.4 Å². The van der Waals surface area contributed by atoms with E-state index in [0.29, 0.717) is 6.04 Å². The molecule has 0 heterocycles. The minimum atomic E-state index is 0.459. The first kappa shape index (κ1) is 12.0. The molecule has 1 rings (SSSR count). The molecular weight excluding hydrogens is 176 g/mol. The van der Waals surface area contributed by atoms with Crippen molar-refractivity contribution in [3.63, 3.8) is 0 Å². The first-order valence-electron chi connectivity index (χ1n) is 5.74. The Bertz CT molecular complexity index is 152. The lowest BCUT2D eigenvalue weighted by molar-refractivity contribution is 0.117. The monoisotopic (exact) mass is 200 g/mol. The average molecular weight is 200 g/mol. The molecule has 3 nitrogen and oxygen atoms in total. The van der Waals surface area contributed by atoms with Crippen LogP contribution in [0, 0.1) is 5.92 Å². The number of hydrogen-bond donors (Lipinski definition) is 1. The maximum Gasteiger partial charge on any atom is 0.0593 e. The summed E-state index contributed by atoms with van der Waals surface area (Å²) in [5.41, 5.74) is 5.88. The lowest BCUT2D eigenvalue weighted by atomic mass is 10.1. The summed E-state index contributed by atoms with van der Waals surface area (Å²) in [6.07, 6.45) is 3.73. The van der Waals surface area contributed by atoms with Crippen LogP contribution in [0.1, 0.15) is 26.2 Å². The van der Waals surface area contributed by atoms with Gasteiger partial charge >= 0.3 is 0 Å². The van der Waals surface area contributed by atoms with E-state index in [2.05, 4.69) is 11.9 Å². The number of likely N-dealkylation sites (N-methyl/N-ethyl adjacent to an activating group) is 1. The second kappa shape index (κ2) is 6.38. The Balaban J connectivity index is 2.05. The van der Waals surface area contributed by atoms with Crippen LogP contribution < -0.4 is 5.73 Å². The highest BCUT2D eigenvalue weighted by atomic mass is 16.5. The van der Waals surface area contributed by atoms with Gasteiger partial charge in [-0.2, -0.15) is 0 Å². The van der Waals surface area contributed by atoms with Gasteiger partial charge in [-0.1, -0.05) is 0 Å². The van der Waals surface area contributed by atoms with E-state index >= 15 is 0 Å². The second-order valence-corrected chi connectivity index (χ2v) is 4.40. The molecule has 1 saturated carbocycles. The van der Waals surface area contributed by atoms with Crippen molar-refractivity contribution in [3.8, 4) is 0 Å². The fraction of sp³-hybridized carbons (Fsp3) is 1.00. The Labute approximate surface area is 87.6 Å². The minimum Gasteiger partial charge on any atom is -0.380 e. The van der Waals surface area contributed by atoms with Gasteiger partial charge in [0.05, 0.1) is 6.61 Å². The van der Waals surface area contributed by atoms with Crippen LogP contribution in [0.2, 0.25) is 0 Å². The maximum absolute atomic E-state index is 5.88. The van der Waals surface area contributed by atoms with Gasteiger partial charge in [0, 0.05) is 25.7 Å². The molecule has 84 valence electrons. The Morgan fingerprint density at radius 1 is 1.43 bits per heavy atom. The molecule has 0 amide bonds. The summed E-state index contributed by atoms with van der Waals surface area (Å²) in [4.78, 5) is 2.36. The Kier molecular flexibility index (Phi) is 5.45. The van der Waals surface area contributed by atoms with Crippen LogP contribution in [-0.4, -0.2) is 44.3 Å². The van der Waals surface area contributed by atoms with Gasteiger partial charge in [0.2, 0.25) is 0 Å². The zero-order valence-electron chi connectivity index (χ0n) is 9.54. The van der Waals surface area contributed by atoms with Crippen molar-refractivity contribution in [2.45, 2.75) is 32.2 Å². The highest BCUT2D eigenvalue weighted by Gasteiger charge is 2.22. The van der Waals surface area contributed by atoms with Crippen molar-refractivity contribution in [2.75, 3.05) is 33.4 Å². The van der Waals surface area contributed by atoms with Gasteiger partial charge in [0.15, 0.2) is 0 Å². The molecule has 1 fully saturated rings. The standard InChI is InChI=1S/C11H24N2O/c1-3-14-7-6-13(2)9-10-4-5-11(12)8-10/h10-11H,3-9,12H2,1-2H3. The van der Waals surface area contributed by atoms with Gasteiger partial charge in [-0.05, 0) is 39.2 Å². The predicted molar refractivity (Wildman–Crippen MR) is 59.3 cm³/mol. The number of hydrogen-bond acceptors (Lipinski definition) is 3. The van der Waals surface area contributed by atoms with Gasteiger partial charge in [0.25, 0.3) is 0 Å². The molecule has 0 aromatic heterocycles. The van der Waals surface area contributed by atoms with E-state index in [9.17, 15) is 0 Å². The van der Waals surface area contributed by atoms with E-state index in [4.69, 9.17) is 10.5 Å². The quantitative estimate of drug-likeness (QED) is 0.652. The third-order valence-corrected chi connectivity index (χ3v) is 2.97. The lowest BCUT2D eigenvalue weighted by Gasteiger charge is -2.20. The highest BCUT2D eigenvalue weighted by molar-refractivity contribution is 4.79. The van der Waals surface area contributed by atoms with Gasteiger partial charge in [-0.15, -0.1) is 0 Å². The Hall–Kier alpha value is -0.120. The van der Waals surface area contributed by atoms with Crippen molar-refractivity contribution in [1.29, 1.82) is 0 Å². The summed E-state index contributed by atoms with van der Waals surface area (Å²) < 4.78 is 5.32. The largest absolute Gasteiger partial charge is 0.380 e. The predicted octanol–water partition coefficient (Wildman–Crippen LogP) is 1.08. The van der Waals surface area contributed by atoms with E-state index in [0.717, 1.165) is 25.7 Å². The van der Waals surface area contributed by atoms with Gasteiger partial charge in [-0.25, -0.2) is 0 Å². The molecule has 0 aliphatic heterocycles. The summed E-state index contributed by atoms with van der Waals surface area (Å²) in [6.45, 7) is 5.93. The summed E-state index contributed by atoms with van der Waals surface area (Å²) >= 11 is 0. The van der Waals surface area contributed by atoms with Crippen LogP contribution in [0.3, 0.4) is 0 Å². The van der Waals surface area contributed by atoms with Crippen LogP contribution in [0.25, 0.3) is 0 Å². The lowest BCUT2D eigenvalue weighted by Crippen LogP contribution is -2.28. The van der Waals surface area contributed by atoms with Crippen LogP contribution >= 0.6 is 0 Å². The first-order chi connectivity index (χ1) is 6.72. The number of nitrogens with two attached hydrogens (primary N) is 1. The molecule has 1 aliphatic rings. The van der Waals surface area contributed by atoms with E-state index in [-0.39, 0.29) is 0 Å². The van der Waals surface area contributed by atoms with E-state index in [1.54, 1.807) is 0 Å². The third-order valence-electron chi connectivity index (χ3n) is 2.97. The molecule has 0 bridgehead atoms. The highest BCUT2D eigenvalue weighted by Crippen LogP contribution is 2.24. The molecule has 2 unspecified atom stereocenters. The molecular formula is C11H24N2O. The maximum atomic E-state index is 5.88. The van der Waals surface area contributed by atoms with Gasteiger partial charge in [0.1, 0.15) is 0 Å². The van der Waals surface area contributed by atoms with E-state index in [1.165, 1.54) is 25.8 Å². The molecule has 14 heavy (non-hydrogen) atoms. The van der Waals surface area contributed by atoms with Crippen molar-refractivity contribution >= 4 is 0 Å². The van der Waals surface area contributed by atoms with Crippen molar-refractivity contribution in [1.82, 2.24) is 4.90 Å². The first-order valence-corrected chi connectivity index (χ1v) is 5.74. The number of ether oxygens (including phenoxy) is 1. The molecule has 2 atom stereocenters. The summed E-state index contributed by atoms with van der Waals surface area (Å²) in [6, 6.07) is 0.459. The van der Waals surface area contributed by atoms with E-state index in [1.807, 2.05) is 6.92 Å². The second-order valence-electron chi connectivity index (χ2n) is 4.40. The zero-order valence-corrected chi connectivity index (χ0v) is 9.54. The molecule has 2 N–H and O–H groups in total. The minimum absolute atomic E-state index is 0.459. The van der Waals surface area contributed by atoms with Crippen molar-refractivity contribution < 1.29 is 4.74 Å². The normalized spacial score (nSPS) is 27.4. The number of rotatable bonds is 6. The Morgan fingerprint density at radius 3 is 2.79 bits per heavy atom.